The lowest BCUT2D eigenvalue weighted by molar-refractivity contribution is 0.0730. The van der Waals surface area contributed by atoms with Crippen LogP contribution in [0, 0.1) is 6.92 Å². The van der Waals surface area contributed by atoms with Crippen molar-refractivity contribution < 1.29 is 17.9 Å². The van der Waals surface area contributed by atoms with Crippen LogP contribution in [0.4, 0.5) is 11.4 Å². The van der Waals surface area contributed by atoms with Crippen molar-refractivity contribution in [3.05, 3.63) is 53.6 Å². The molecule has 2 aromatic rings. The number of morpholine rings is 1. The van der Waals surface area contributed by atoms with E-state index in [2.05, 4.69) is 10.2 Å². The van der Waals surface area contributed by atoms with E-state index in [9.17, 15) is 13.2 Å². The minimum atomic E-state index is -3.65. The number of nitrogens with zero attached hydrogens (tertiary/aromatic N) is 2. The largest absolute Gasteiger partial charge is 0.379 e. The minimum absolute atomic E-state index is 0.129. The number of hydrogen-bond acceptors (Lipinski definition) is 5. The molecule has 2 aliphatic rings. The Morgan fingerprint density at radius 1 is 0.967 bits per heavy atom. The van der Waals surface area contributed by atoms with Crippen LogP contribution < -0.4 is 10.2 Å². The number of ether oxygens (including phenoxy) is 1. The summed E-state index contributed by atoms with van der Waals surface area (Å²) >= 11 is 0. The topological polar surface area (TPSA) is 78.9 Å². The maximum absolute atomic E-state index is 12.9. The number of hydrogen-bond donors (Lipinski definition) is 1. The molecule has 0 aromatic heterocycles. The molecule has 2 fully saturated rings. The highest BCUT2D eigenvalue weighted by Crippen LogP contribution is 2.24. The Bertz CT molecular complexity index is 1010. The first-order valence-electron chi connectivity index (χ1n) is 10.3. The quantitative estimate of drug-likeness (QED) is 0.791. The summed E-state index contributed by atoms with van der Waals surface area (Å²) in [6.07, 6.45) is 2.42. The van der Waals surface area contributed by atoms with E-state index < -0.39 is 10.0 Å². The molecule has 30 heavy (non-hydrogen) atoms. The van der Waals surface area contributed by atoms with Gasteiger partial charge in [-0.25, -0.2) is 8.42 Å². The summed E-state index contributed by atoms with van der Waals surface area (Å²) < 4.78 is 32.5. The molecule has 2 aromatic carbocycles. The molecule has 0 spiro atoms. The lowest BCUT2D eigenvalue weighted by Crippen LogP contribution is -2.40. The Morgan fingerprint density at radius 3 is 2.30 bits per heavy atom. The summed E-state index contributed by atoms with van der Waals surface area (Å²) in [4.78, 5) is 15.3. The monoisotopic (exact) mass is 429 g/mol. The fourth-order valence-corrected chi connectivity index (χ4v) is 5.31. The number of carbonyl (C=O) groups is 1. The molecule has 1 amide bonds. The van der Waals surface area contributed by atoms with Gasteiger partial charge in [0.05, 0.1) is 18.1 Å². The summed E-state index contributed by atoms with van der Waals surface area (Å²) in [7, 11) is -3.65. The van der Waals surface area contributed by atoms with E-state index in [1.165, 1.54) is 23.2 Å². The zero-order valence-electron chi connectivity index (χ0n) is 17.1. The van der Waals surface area contributed by atoms with Crippen LogP contribution in [0.25, 0.3) is 0 Å². The normalized spacial score (nSPS) is 17.8. The van der Waals surface area contributed by atoms with Gasteiger partial charge < -0.3 is 15.0 Å². The van der Waals surface area contributed by atoms with Gasteiger partial charge in [0.1, 0.15) is 0 Å². The number of carbonyl (C=O) groups excluding carboxylic acids is 1. The van der Waals surface area contributed by atoms with Gasteiger partial charge in [-0.3, -0.25) is 4.79 Å². The first-order chi connectivity index (χ1) is 14.4. The lowest BCUT2D eigenvalue weighted by atomic mass is 10.1. The molecule has 2 saturated heterocycles. The molecule has 0 bridgehead atoms. The Hall–Kier alpha value is -2.42. The van der Waals surface area contributed by atoms with Crippen molar-refractivity contribution in [2.75, 3.05) is 49.6 Å². The molecule has 1 N–H and O–H groups in total. The number of benzene rings is 2. The third-order valence-corrected chi connectivity index (χ3v) is 7.55. The van der Waals surface area contributed by atoms with E-state index in [0.29, 0.717) is 37.6 Å². The summed E-state index contributed by atoms with van der Waals surface area (Å²) in [5, 5.41) is 2.89. The predicted octanol–water partition coefficient (Wildman–Crippen LogP) is 2.87. The van der Waals surface area contributed by atoms with Crippen molar-refractivity contribution in [2.24, 2.45) is 0 Å². The molecular formula is C22H27N3O4S. The average molecular weight is 430 g/mol. The van der Waals surface area contributed by atoms with Gasteiger partial charge in [-0.15, -0.1) is 0 Å². The lowest BCUT2D eigenvalue weighted by Gasteiger charge is -2.26. The summed E-state index contributed by atoms with van der Waals surface area (Å²) in [5.74, 6) is -0.319. The number of amides is 1. The minimum Gasteiger partial charge on any atom is -0.379 e. The second kappa shape index (κ2) is 8.75. The van der Waals surface area contributed by atoms with Gasteiger partial charge >= 0.3 is 0 Å². The van der Waals surface area contributed by atoms with Gasteiger partial charge in [-0.1, -0.05) is 6.07 Å². The SMILES string of the molecule is Cc1ccc(S(=O)(=O)N2CCOCC2)cc1C(=O)Nc1ccc(N2CCCC2)cc1. The molecule has 0 aliphatic carbocycles. The van der Waals surface area contributed by atoms with Gasteiger partial charge in [-0.05, 0) is 61.7 Å². The van der Waals surface area contributed by atoms with Crippen LogP contribution in [0.3, 0.4) is 0 Å². The van der Waals surface area contributed by atoms with E-state index in [0.717, 1.165) is 24.3 Å². The smallest absolute Gasteiger partial charge is 0.255 e. The van der Waals surface area contributed by atoms with Crippen molar-refractivity contribution >= 4 is 27.3 Å². The van der Waals surface area contributed by atoms with Crippen molar-refractivity contribution in [2.45, 2.75) is 24.7 Å². The average Bonchev–Trinajstić information content (AvgIpc) is 3.30. The van der Waals surface area contributed by atoms with Crippen molar-refractivity contribution in [1.82, 2.24) is 4.31 Å². The Balaban J connectivity index is 1.51. The van der Waals surface area contributed by atoms with Gasteiger partial charge in [0.2, 0.25) is 10.0 Å². The second-order valence-electron chi connectivity index (χ2n) is 7.69. The fraction of sp³-hybridized carbons (Fsp3) is 0.409. The highest BCUT2D eigenvalue weighted by molar-refractivity contribution is 7.89. The molecule has 8 heteroatoms. The number of rotatable bonds is 5. The van der Waals surface area contributed by atoms with Crippen LogP contribution in [0.1, 0.15) is 28.8 Å². The molecule has 0 atom stereocenters. The Morgan fingerprint density at radius 2 is 1.63 bits per heavy atom. The van der Waals surface area contributed by atoms with Crippen LogP contribution in [0.15, 0.2) is 47.4 Å². The van der Waals surface area contributed by atoms with E-state index in [-0.39, 0.29) is 10.8 Å². The van der Waals surface area contributed by atoms with E-state index in [1.54, 1.807) is 19.1 Å². The van der Waals surface area contributed by atoms with Gasteiger partial charge in [0, 0.05) is 43.1 Å². The maximum atomic E-state index is 12.9. The third kappa shape index (κ3) is 4.35. The van der Waals surface area contributed by atoms with Gasteiger partial charge in [-0.2, -0.15) is 4.31 Å². The van der Waals surface area contributed by atoms with E-state index in [4.69, 9.17) is 4.74 Å². The van der Waals surface area contributed by atoms with Crippen LogP contribution in [0.2, 0.25) is 0 Å². The molecule has 2 aliphatic heterocycles. The summed E-state index contributed by atoms with van der Waals surface area (Å²) in [6.45, 7) is 5.33. The first kappa shape index (κ1) is 20.8. The number of nitrogens with one attached hydrogen (secondary N) is 1. The predicted molar refractivity (Wildman–Crippen MR) is 117 cm³/mol. The molecule has 160 valence electrons. The van der Waals surface area contributed by atoms with Crippen molar-refractivity contribution in [3.8, 4) is 0 Å². The van der Waals surface area contributed by atoms with Gasteiger partial charge in [0.25, 0.3) is 5.91 Å². The number of aryl methyl sites for hydroxylation is 1. The highest BCUT2D eigenvalue weighted by atomic mass is 32.2. The first-order valence-corrected chi connectivity index (χ1v) is 11.7. The molecule has 4 rings (SSSR count). The standard InChI is InChI=1S/C22H27N3O4S/c1-17-4-9-20(30(27,28)25-12-14-29-15-13-25)16-21(17)22(26)23-18-5-7-19(8-6-18)24-10-2-3-11-24/h4-9,16H,2-3,10-15H2,1H3,(H,23,26). The molecule has 2 heterocycles. The highest BCUT2D eigenvalue weighted by Gasteiger charge is 2.27. The molecule has 0 saturated carbocycles. The van der Waals surface area contributed by atoms with Crippen molar-refractivity contribution in [3.63, 3.8) is 0 Å². The Labute approximate surface area is 177 Å². The molecule has 7 nitrogen and oxygen atoms in total. The molecule has 0 unspecified atom stereocenters. The third-order valence-electron chi connectivity index (χ3n) is 5.66. The van der Waals surface area contributed by atoms with Gasteiger partial charge in [0.15, 0.2) is 0 Å². The number of sulfonamides is 1. The van der Waals surface area contributed by atoms with Crippen LogP contribution in [-0.4, -0.2) is 58.0 Å². The maximum Gasteiger partial charge on any atom is 0.255 e. The molecule has 0 radical (unpaired) electrons. The second-order valence-corrected chi connectivity index (χ2v) is 9.63. The molecular weight excluding hydrogens is 402 g/mol. The van der Waals surface area contributed by atoms with Crippen LogP contribution >= 0.6 is 0 Å². The van der Waals surface area contributed by atoms with Crippen LogP contribution in [-0.2, 0) is 14.8 Å². The zero-order valence-corrected chi connectivity index (χ0v) is 18.0. The van der Waals surface area contributed by atoms with Crippen LogP contribution in [0.5, 0.6) is 0 Å². The summed E-state index contributed by atoms with van der Waals surface area (Å²) in [6, 6.07) is 12.5. The zero-order chi connectivity index (χ0) is 21.1. The Kier molecular flexibility index (Phi) is 6.08. The van der Waals surface area contributed by atoms with E-state index >= 15 is 0 Å². The fourth-order valence-electron chi connectivity index (χ4n) is 3.87. The number of anilines is 2. The van der Waals surface area contributed by atoms with Crippen molar-refractivity contribution in [1.29, 1.82) is 0 Å². The summed E-state index contributed by atoms with van der Waals surface area (Å²) in [5.41, 5.74) is 2.92. The van der Waals surface area contributed by atoms with E-state index in [1.807, 2.05) is 24.3 Å².